The van der Waals surface area contributed by atoms with E-state index in [-0.39, 0.29) is 0 Å². The number of benzene rings is 1. The molecule has 1 fully saturated rings. The monoisotopic (exact) mass is 290 g/mol. The highest BCUT2D eigenvalue weighted by Crippen LogP contribution is 2.28. The molecule has 1 aromatic heterocycles. The molecule has 1 saturated heterocycles. The van der Waals surface area contributed by atoms with Crippen LogP contribution in [-0.2, 0) is 18.8 Å². The summed E-state index contributed by atoms with van der Waals surface area (Å²) in [5.74, 6) is 0. The molecule has 7 nitrogen and oxygen atoms in total. The summed E-state index contributed by atoms with van der Waals surface area (Å²) in [5, 5.41) is 0. The summed E-state index contributed by atoms with van der Waals surface area (Å²) in [7, 11) is 3.19. The van der Waals surface area contributed by atoms with Gasteiger partial charge in [0, 0.05) is 27.2 Å². The molecule has 112 valence electrons. The van der Waals surface area contributed by atoms with Crippen molar-refractivity contribution in [2.45, 2.75) is 0 Å². The lowest BCUT2D eigenvalue weighted by Gasteiger charge is -2.30. The second kappa shape index (κ2) is 4.92. The standard InChI is InChI=1S/C14H18N4O3/c1-16-11-7-9(15)10(18-3-5-21-6-4-18)8-12(11)17(2)14(20)13(16)19/h7-8H,3-6,15H2,1-2H3. The highest BCUT2D eigenvalue weighted by Gasteiger charge is 2.17. The Kier molecular flexibility index (Phi) is 3.21. The van der Waals surface area contributed by atoms with Crippen molar-refractivity contribution in [2.75, 3.05) is 36.9 Å². The van der Waals surface area contributed by atoms with Gasteiger partial charge in [0.15, 0.2) is 0 Å². The van der Waals surface area contributed by atoms with Gasteiger partial charge >= 0.3 is 11.1 Å². The molecule has 1 aliphatic rings. The van der Waals surface area contributed by atoms with E-state index in [1.165, 1.54) is 9.13 Å². The van der Waals surface area contributed by atoms with Gasteiger partial charge in [-0.2, -0.15) is 0 Å². The topological polar surface area (TPSA) is 82.5 Å². The number of anilines is 2. The smallest absolute Gasteiger partial charge is 0.316 e. The van der Waals surface area contributed by atoms with Crippen molar-refractivity contribution in [2.24, 2.45) is 14.1 Å². The van der Waals surface area contributed by atoms with Gasteiger partial charge in [-0.3, -0.25) is 9.59 Å². The molecular weight excluding hydrogens is 272 g/mol. The zero-order valence-electron chi connectivity index (χ0n) is 12.1. The molecule has 0 aliphatic carbocycles. The van der Waals surface area contributed by atoms with E-state index in [2.05, 4.69) is 4.90 Å². The Hall–Kier alpha value is -2.28. The zero-order chi connectivity index (χ0) is 15.1. The van der Waals surface area contributed by atoms with Gasteiger partial charge in [0.25, 0.3) is 0 Å². The molecule has 1 aliphatic heterocycles. The Labute approximate surface area is 121 Å². The van der Waals surface area contributed by atoms with Crippen LogP contribution in [0.2, 0.25) is 0 Å². The second-order valence-electron chi connectivity index (χ2n) is 5.23. The third-order valence-electron chi connectivity index (χ3n) is 3.99. The van der Waals surface area contributed by atoms with E-state index in [0.717, 1.165) is 18.8 Å². The Balaban J connectivity index is 2.28. The number of hydrogen-bond donors (Lipinski definition) is 1. The summed E-state index contributed by atoms with van der Waals surface area (Å²) in [4.78, 5) is 25.9. The van der Waals surface area contributed by atoms with Crippen molar-refractivity contribution in [3.63, 3.8) is 0 Å². The highest BCUT2D eigenvalue weighted by molar-refractivity contribution is 5.87. The van der Waals surface area contributed by atoms with Crippen molar-refractivity contribution < 1.29 is 4.74 Å². The summed E-state index contributed by atoms with van der Waals surface area (Å²) in [5.41, 5.74) is 7.86. The predicted octanol–water partition coefficient (Wildman–Crippen LogP) is -0.344. The van der Waals surface area contributed by atoms with Crippen LogP contribution in [0.4, 0.5) is 11.4 Å². The maximum Gasteiger partial charge on any atom is 0.316 e. The van der Waals surface area contributed by atoms with E-state index < -0.39 is 11.1 Å². The lowest BCUT2D eigenvalue weighted by Crippen LogP contribution is -2.40. The maximum absolute atomic E-state index is 11.9. The van der Waals surface area contributed by atoms with E-state index in [0.29, 0.717) is 29.9 Å². The first kappa shape index (κ1) is 13.7. The van der Waals surface area contributed by atoms with Crippen LogP contribution in [0.25, 0.3) is 11.0 Å². The number of aromatic nitrogens is 2. The second-order valence-corrected chi connectivity index (χ2v) is 5.23. The predicted molar refractivity (Wildman–Crippen MR) is 81.9 cm³/mol. The molecule has 3 rings (SSSR count). The number of rotatable bonds is 1. The minimum absolute atomic E-state index is 0.539. The molecule has 7 heteroatoms. The lowest BCUT2D eigenvalue weighted by atomic mass is 10.2. The van der Waals surface area contributed by atoms with Crippen LogP contribution >= 0.6 is 0 Å². The Morgan fingerprint density at radius 1 is 1.00 bits per heavy atom. The third-order valence-corrected chi connectivity index (χ3v) is 3.99. The molecule has 2 heterocycles. The van der Waals surface area contributed by atoms with Crippen molar-refractivity contribution >= 4 is 22.4 Å². The molecule has 21 heavy (non-hydrogen) atoms. The molecule has 0 bridgehead atoms. The molecule has 0 atom stereocenters. The van der Waals surface area contributed by atoms with Gasteiger partial charge < -0.3 is 24.5 Å². The Bertz CT molecular complexity index is 816. The SMILES string of the molecule is Cn1c(=O)c(=O)n(C)c2cc(N3CCOCC3)c(N)cc21. The summed E-state index contributed by atoms with van der Waals surface area (Å²) < 4.78 is 8.06. The number of morpholine rings is 1. The normalized spacial score (nSPS) is 15.6. The van der Waals surface area contributed by atoms with Gasteiger partial charge in [0.05, 0.1) is 35.6 Å². The van der Waals surface area contributed by atoms with Gasteiger partial charge in [-0.25, -0.2) is 0 Å². The highest BCUT2D eigenvalue weighted by atomic mass is 16.5. The number of nitrogens with zero attached hydrogens (tertiary/aromatic N) is 3. The van der Waals surface area contributed by atoms with Crippen LogP contribution in [0.3, 0.4) is 0 Å². The average Bonchev–Trinajstić information content (AvgIpc) is 2.51. The number of nitrogen functional groups attached to an aromatic ring is 1. The minimum atomic E-state index is -0.552. The van der Waals surface area contributed by atoms with Gasteiger partial charge in [0.1, 0.15) is 0 Å². The molecule has 0 radical (unpaired) electrons. The number of fused-ring (bicyclic) bond motifs is 1. The molecule has 0 amide bonds. The fraction of sp³-hybridized carbons (Fsp3) is 0.429. The van der Waals surface area contributed by atoms with Crippen molar-refractivity contribution in [3.05, 3.63) is 32.8 Å². The first-order valence-corrected chi connectivity index (χ1v) is 6.82. The summed E-state index contributed by atoms with van der Waals surface area (Å²) in [6, 6.07) is 3.62. The van der Waals surface area contributed by atoms with Gasteiger partial charge in [-0.05, 0) is 12.1 Å². The van der Waals surface area contributed by atoms with Crippen LogP contribution in [-0.4, -0.2) is 35.4 Å². The molecule has 0 spiro atoms. The zero-order valence-corrected chi connectivity index (χ0v) is 12.1. The summed E-state index contributed by atoms with van der Waals surface area (Å²) >= 11 is 0. The molecule has 2 aromatic rings. The van der Waals surface area contributed by atoms with Crippen LogP contribution in [0.1, 0.15) is 0 Å². The van der Waals surface area contributed by atoms with Crippen molar-refractivity contribution in [1.29, 1.82) is 0 Å². The minimum Gasteiger partial charge on any atom is -0.397 e. The van der Waals surface area contributed by atoms with Crippen molar-refractivity contribution in [1.82, 2.24) is 9.13 Å². The molecule has 0 saturated carbocycles. The fourth-order valence-electron chi connectivity index (χ4n) is 2.70. The number of ether oxygens (including phenoxy) is 1. The molecule has 1 aromatic carbocycles. The van der Waals surface area contributed by atoms with Crippen LogP contribution < -0.4 is 21.8 Å². The Morgan fingerprint density at radius 2 is 1.52 bits per heavy atom. The average molecular weight is 290 g/mol. The van der Waals surface area contributed by atoms with E-state index in [4.69, 9.17) is 10.5 Å². The summed E-state index contributed by atoms with van der Waals surface area (Å²) in [6.07, 6.45) is 0. The van der Waals surface area contributed by atoms with Gasteiger partial charge in [-0.15, -0.1) is 0 Å². The largest absolute Gasteiger partial charge is 0.397 e. The Morgan fingerprint density at radius 3 is 2.10 bits per heavy atom. The molecular formula is C14H18N4O3. The van der Waals surface area contributed by atoms with Crippen LogP contribution in [0, 0.1) is 0 Å². The first-order chi connectivity index (χ1) is 10.0. The molecule has 2 N–H and O–H groups in total. The van der Waals surface area contributed by atoms with Gasteiger partial charge in [-0.1, -0.05) is 0 Å². The van der Waals surface area contributed by atoms with E-state index >= 15 is 0 Å². The van der Waals surface area contributed by atoms with Crippen LogP contribution in [0.5, 0.6) is 0 Å². The third kappa shape index (κ3) is 2.09. The quantitative estimate of drug-likeness (QED) is 0.574. The molecule has 0 unspecified atom stereocenters. The number of nitrogens with two attached hydrogens (primary N) is 1. The van der Waals surface area contributed by atoms with Gasteiger partial charge in [0.2, 0.25) is 0 Å². The first-order valence-electron chi connectivity index (χ1n) is 6.82. The maximum atomic E-state index is 11.9. The number of hydrogen-bond acceptors (Lipinski definition) is 5. The van der Waals surface area contributed by atoms with E-state index in [1.54, 1.807) is 20.2 Å². The number of aryl methyl sites for hydroxylation is 2. The van der Waals surface area contributed by atoms with Crippen LogP contribution in [0.15, 0.2) is 21.7 Å². The van der Waals surface area contributed by atoms with E-state index in [9.17, 15) is 9.59 Å². The lowest BCUT2D eigenvalue weighted by molar-refractivity contribution is 0.123. The van der Waals surface area contributed by atoms with E-state index in [1.807, 2.05) is 6.07 Å². The summed E-state index contributed by atoms with van der Waals surface area (Å²) in [6.45, 7) is 2.83. The fourth-order valence-corrected chi connectivity index (χ4v) is 2.70. The van der Waals surface area contributed by atoms with Crippen molar-refractivity contribution in [3.8, 4) is 0 Å².